The molecule has 74 valence electrons. The molecule has 0 spiro atoms. The maximum atomic E-state index is 5.81. The van der Waals surface area contributed by atoms with E-state index in [4.69, 9.17) is 12.2 Å². The molecule has 0 radical (unpaired) electrons. The van der Waals surface area contributed by atoms with E-state index in [1.165, 1.54) is 11.5 Å². The second kappa shape index (κ2) is 3.71. The van der Waals surface area contributed by atoms with Gasteiger partial charge in [-0.3, -0.25) is 0 Å². The number of hydrogen-bond acceptors (Lipinski definition) is 4. The number of rotatable bonds is 1. The Labute approximate surface area is 92.1 Å². The molecule has 0 aliphatic carbocycles. The van der Waals surface area contributed by atoms with Crippen molar-refractivity contribution in [2.45, 2.75) is 6.92 Å². The third kappa shape index (κ3) is 1.83. The molecule has 3 nitrogen and oxygen atoms in total. The molecule has 0 saturated carbocycles. The van der Waals surface area contributed by atoms with Crippen molar-refractivity contribution >= 4 is 17.2 Å². The molecular weight excluding hydrogens is 206 g/mol. The van der Waals surface area contributed by atoms with Crippen LogP contribution in [0.5, 0.6) is 0 Å². The summed E-state index contributed by atoms with van der Waals surface area (Å²) in [6, 6.07) is 5.81. The van der Waals surface area contributed by atoms with Gasteiger partial charge in [0.05, 0.1) is 0 Å². The van der Waals surface area contributed by atoms with E-state index < -0.39 is 0 Å². The Morgan fingerprint density at radius 3 is 2.87 bits per heavy atom. The van der Waals surface area contributed by atoms with Crippen molar-refractivity contribution < 1.29 is 0 Å². The highest BCUT2D eigenvalue weighted by molar-refractivity contribution is 7.09. The number of terminal acetylenes is 1. The summed E-state index contributed by atoms with van der Waals surface area (Å²) in [5.74, 6) is 2.83. The zero-order chi connectivity index (χ0) is 10.8. The summed E-state index contributed by atoms with van der Waals surface area (Å²) < 4.78 is 4.02. The van der Waals surface area contributed by atoms with Crippen LogP contribution < -0.4 is 5.73 Å². The average Bonchev–Trinajstić information content (AvgIpc) is 2.70. The van der Waals surface area contributed by atoms with Crippen molar-refractivity contribution in [2.24, 2.45) is 0 Å². The maximum Gasteiger partial charge on any atom is 0.217 e. The first-order chi connectivity index (χ1) is 7.20. The smallest absolute Gasteiger partial charge is 0.217 e. The minimum Gasteiger partial charge on any atom is -0.398 e. The highest BCUT2D eigenvalue weighted by Crippen LogP contribution is 2.24. The van der Waals surface area contributed by atoms with Gasteiger partial charge in [-0.2, -0.15) is 4.37 Å². The molecule has 0 atom stereocenters. The topological polar surface area (TPSA) is 51.8 Å². The predicted molar refractivity (Wildman–Crippen MR) is 62.4 cm³/mol. The van der Waals surface area contributed by atoms with Crippen molar-refractivity contribution in [3.8, 4) is 22.9 Å². The van der Waals surface area contributed by atoms with E-state index >= 15 is 0 Å². The monoisotopic (exact) mass is 215 g/mol. The summed E-state index contributed by atoms with van der Waals surface area (Å²) in [5.41, 5.74) is 8.58. The lowest BCUT2D eigenvalue weighted by atomic mass is 10.1. The first-order valence-electron chi connectivity index (χ1n) is 4.37. The Balaban J connectivity index is 2.46. The number of nitrogen functional groups attached to an aromatic ring is 1. The van der Waals surface area contributed by atoms with Gasteiger partial charge in [0.2, 0.25) is 5.82 Å². The fourth-order valence-corrected chi connectivity index (χ4v) is 1.80. The van der Waals surface area contributed by atoms with Gasteiger partial charge in [0.1, 0.15) is 5.01 Å². The summed E-state index contributed by atoms with van der Waals surface area (Å²) in [4.78, 5) is 4.19. The number of nitrogens with zero attached hydrogens (tertiary/aromatic N) is 2. The van der Waals surface area contributed by atoms with Crippen LogP contribution in [0.15, 0.2) is 18.2 Å². The molecule has 0 bridgehead atoms. The average molecular weight is 215 g/mol. The normalized spacial score (nSPS) is 9.87. The number of nitrogens with two attached hydrogens (primary N) is 1. The molecule has 2 aromatic rings. The second-order valence-electron chi connectivity index (χ2n) is 3.14. The number of aromatic nitrogens is 2. The fraction of sp³-hybridized carbons (Fsp3) is 0.0909. The maximum absolute atomic E-state index is 5.81. The molecule has 0 amide bonds. The summed E-state index contributed by atoms with van der Waals surface area (Å²) in [6.45, 7) is 1.96. The van der Waals surface area contributed by atoms with Crippen LogP contribution in [-0.2, 0) is 0 Å². The lowest BCUT2D eigenvalue weighted by Gasteiger charge is -2.01. The Bertz CT molecular complexity index is 537. The van der Waals surface area contributed by atoms with Gasteiger partial charge in [-0.05, 0) is 36.0 Å². The van der Waals surface area contributed by atoms with Crippen LogP contribution in [0, 0.1) is 19.3 Å². The number of aryl methyl sites for hydroxylation is 1. The molecule has 0 aliphatic rings. The largest absolute Gasteiger partial charge is 0.398 e. The van der Waals surface area contributed by atoms with E-state index in [1.54, 1.807) is 0 Å². The molecule has 0 unspecified atom stereocenters. The molecule has 0 aliphatic heterocycles. The van der Waals surface area contributed by atoms with Crippen molar-refractivity contribution in [3.05, 3.63) is 29.6 Å². The van der Waals surface area contributed by atoms with Crippen molar-refractivity contribution in [1.29, 1.82) is 0 Å². The number of anilines is 1. The molecular formula is C11H9N3S. The van der Waals surface area contributed by atoms with Crippen LogP contribution in [0.25, 0.3) is 10.6 Å². The highest BCUT2D eigenvalue weighted by Gasteiger charge is 2.05. The minimum absolute atomic E-state index is 0.425. The van der Waals surface area contributed by atoms with Gasteiger partial charge in [-0.1, -0.05) is 12.1 Å². The van der Waals surface area contributed by atoms with E-state index in [9.17, 15) is 0 Å². The fourth-order valence-electron chi connectivity index (χ4n) is 1.17. The van der Waals surface area contributed by atoms with Crippen molar-refractivity contribution in [2.75, 3.05) is 5.73 Å². The Kier molecular flexibility index (Phi) is 2.40. The molecule has 0 saturated heterocycles. The predicted octanol–water partition coefficient (Wildman–Crippen LogP) is 2.08. The Morgan fingerprint density at radius 2 is 2.27 bits per heavy atom. The van der Waals surface area contributed by atoms with Gasteiger partial charge in [0.25, 0.3) is 0 Å². The van der Waals surface area contributed by atoms with Gasteiger partial charge in [0.15, 0.2) is 0 Å². The van der Waals surface area contributed by atoms with E-state index in [1.807, 2.05) is 25.1 Å². The number of hydrogen-bond donors (Lipinski definition) is 1. The molecule has 0 fully saturated rings. The molecule has 2 N–H and O–H groups in total. The number of benzene rings is 1. The van der Waals surface area contributed by atoms with E-state index in [0.717, 1.165) is 21.8 Å². The molecule has 15 heavy (non-hydrogen) atoms. The first-order valence-corrected chi connectivity index (χ1v) is 5.15. The Morgan fingerprint density at radius 1 is 1.47 bits per heavy atom. The summed E-state index contributed by atoms with van der Waals surface area (Å²) in [6.07, 6.45) is 5.20. The molecule has 2 rings (SSSR count). The summed E-state index contributed by atoms with van der Waals surface area (Å²) >= 11 is 1.28. The van der Waals surface area contributed by atoms with Crippen LogP contribution in [0.3, 0.4) is 0 Å². The lowest BCUT2D eigenvalue weighted by Crippen LogP contribution is -1.89. The van der Waals surface area contributed by atoms with Crippen LogP contribution in [-0.4, -0.2) is 9.36 Å². The molecule has 1 aromatic carbocycles. The molecule has 1 aromatic heterocycles. The van der Waals surface area contributed by atoms with Crippen LogP contribution in [0.1, 0.15) is 11.4 Å². The quantitative estimate of drug-likeness (QED) is 0.585. The second-order valence-corrected chi connectivity index (χ2v) is 3.89. The van der Waals surface area contributed by atoms with Crippen molar-refractivity contribution in [3.63, 3.8) is 0 Å². The first kappa shape index (κ1) is 9.69. The zero-order valence-electron chi connectivity index (χ0n) is 8.19. The van der Waals surface area contributed by atoms with Gasteiger partial charge in [-0.25, -0.2) is 4.98 Å². The van der Waals surface area contributed by atoms with E-state index in [2.05, 4.69) is 15.3 Å². The van der Waals surface area contributed by atoms with Gasteiger partial charge >= 0.3 is 0 Å². The van der Waals surface area contributed by atoms with Gasteiger partial charge in [0, 0.05) is 11.3 Å². The molecule has 4 heteroatoms. The van der Waals surface area contributed by atoms with Crippen molar-refractivity contribution in [1.82, 2.24) is 9.36 Å². The van der Waals surface area contributed by atoms with Crippen LogP contribution >= 0.6 is 11.5 Å². The van der Waals surface area contributed by atoms with E-state index in [-0.39, 0.29) is 0 Å². The standard InChI is InChI=1S/C11H9N3S/c1-3-10-13-11(15-14-10)8-5-4-7(2)9(12)6-8/h1,4-6H,12H2,2H3. The van der Waals surface area contributed by atoms with Crippen LogP contribution in [0.4, 0.5) is 5.69 Å². The molecule has 1 heterocycles. The highest BCUT2D eigenvalue weighted by atomic mass is 32.1. The SMILES string of the molecule is C#Cc1nsc(-c2ccc(C)c(N)c2)n1. The Hall–Kier alpha value is -1.86. The van der Waals surface area contributed by atoms with E-state index in [0.29, 0.717) is 5.82 Å². The zero-order valence-corrected chi connectivity index (χ0v) is 9.01. The lowest BCUT2D eigenvalue weighted by molar-refractivity contribution is 1.27. The third-order valence-electron chi connectivity index (χ3n) is 2.08. The van der Waals surface area contributed by atoms with Crippen LogP contribution in [0.2, 0.25) is 0 Å². The van der Waals surface area contributed by atoms with Gasteiger partial charge < -0.3 is 5.73 Å². The summed E-state index contributed by atoms with van der Waals surface area (Å²) in [7, 11) is 0. The van der Waals surface area contributed by atoms with Gasteiger partial charge in [-0.15, -0.1) is 6.42 Å². The minimum atomic E-state index is 0.425. The summed E-state index contributed by atoms with van der Waals surface area (Å²) in [5, 5.41) is 0.801. The third-order valence-corrected chi connectivity index (χ3v) is 2.85.